The zero-order valence-electron chi connectivity index (χ0n) is 39.9. The fourth-order valence-electron chi connectivity index (χ4n) is 11.7. The Balaban J connectivity index is 0.949. The topological polar surface area (TPSA) is 21.3 Å². The van der Waals surface area contributed by atoms with E-state index in [0.717, 1.165) is 78.0 Å². The van der Waals surface area contributed by atoms with Crippen molar-refractivity contribution in [2.45, 2.75) is 6.92 Å². The number of rotatable bonds is 7. The molecule has 3 heterocycles. The Kier molecular flexibility index (Phi) is 9.35. The molecule has 0 unspecified atom stereocenters. The van der Waals surface area contributed by atoms with Gasteiger partial charge in [-0.05, 0) is 117 Å². The molecule has 3 aromatic heterocycles. The zero-order chi connectivity index (χ0) is 48.1. The quantitative estimate of drug-likeness (QED) is 0.149. The van der Waals surface area contributed by atoms with E-state index in [0.29, 0.717) is 0 Å². The normalized spacial score (nSPS) is 11.9. The molecule has 342 valence electrons. The SMILES string of the molecule is Cc1ccc(-n2c3ccccc3c3ccc(N(c4ccc(-c5cc6ccccc6c6ccccc56)cc4)c4cccc5c4sc4ccccc45)cc32)c(-c2ccccc2-c2cccc3c2oc2ccccc23)c1. The van der Waals surface area contributed by atoms with Gasteiger partial charge in [-0.15, -0.1) is 11.3 Å². The summed E-state index contributed by atoms with van der Waals surface area (Å²) in [6.07, 6.45) is 0. The third-order valence-electron chi connectivity index (χ3n) is 15.0. The number of anilines is 3. The van der Waals surface area contributed by atoms with Crippen LogP contribution >= 0.6 is 11.3 Å². The van der Waals surface area contributed by atoms with Crippen LogP contribution in [0.4, 0.5) is 17.1 Å². The van der Waals surface area contributed by atoms with E-state index in [-0.39, 0.29) is 0 Å². The number of nitrogens with zero attached hydrogens (tertiary/aromatic N) is 2. The highest BCUT2D eigenvalue weighted by Crippen LogP contribution is 2.48. The third kappa shape index (κ3) is 6.51. The summed E-state index contributed by atoms with van der Waals surface area (Å²) in [6, 6.07) is 91.2. The van der Waals surface area contributed by atoms with Crippen LogP contribution in [-0.2, 0) is 0 Å². The van der Waals surface area contributed by atoms with Crippen LogP contribution in [0.5, 0.6) is 0 Å². The van der Waals surface area contributed by atoms with Crippen molar-refractivity contribution in [3.63, 3.8) is 0 Å². The van der Waals surface area contributed by atoms with Crippen LogP contribution in [0.25, 0.3) is 125 Å². The molecule has 0 aliphatic heterocycles. The molecule has 12 aromatic carbocycles. The van der Waals surface area contributed by atoms with Gasteiger partial charge in [-0.2, -0.15) is 0 Å². The van der Waals surface area contributed by atoms with Crippen LogP contribution in [0, 0.1) is 6.92 Å². The van der Waals surface area contributed by atoms with Crippen molar-refractivity contribution in [2.75, 3.05) is 4.90 Å². The Hall–Kier alpha value is -9.22. The molecule has 0 aliphatic rings. The van der Waals surface area contributed by atoms with Gasteiger partial charge in [-0.1, -0.05) is 188 Å². The lowest BCUT2D eigenvalue weighted by Gasteiger charge is -2.27. The Morgan fingerprint density at radius 1 is 0.384 bits per heavy atom. The van der Waals surface area contributed by atoms with E-state index in [1.807, 2.05) is 17.4 Å². The van der Waals surface area contributed by atoms with Crippen LogP contribution in [-0.4, -0.2) is 4.57 Å². The molecule has 0 amide bonds. The number of hydrogen-bond acceptors (Lipinski definition) is 3. The average molecular weight is 949 g/mol. The van der Waals surface area contributed by atoms with Crippen LogP contribution in [0.2, 0.25) is 0 Å². The van der Waals surface area contributed by atoms with Gasteiger partial charge in [0.15, 0.2) is 0 Å². The highest BCUT2D eigenvalue weighted by molar-refractivity contribution is 7.26. The maximum atomic E-state index is 6.67. The number of para-hydroxylation sites is 3. The molecular weight excluding hydrogens is 905 g/mol. The van der Waals surface area contributed by atoms with Crippen LogP contribution in [0.3, 0.4) is 0 Å². The van der Waals surface area contributed by atoms with E-state index in [9.17, 15) is 0 Å². The number of thiophene rings is 1. The molecule has 0 spiro atoms. The fourth-order valence-corrected chi connectivity index (χ4v) is 13.0. The van der Waals surface area contributed by atoms with Gasteiger partial charge in [0.2, 0.25) is 0 Å². The van der Waals surface area contributed by atoms with Gasteiger partial charge in [0, 0.05) is 59.5 Å². The van der Waals surface area contributed by atoms with E-state index in [4.69, 9.17) is 4.42 Å². The molecule has 0 fully saturated rings. The van der Waals surface area contributed by atoms with Gasteiger partial charge >= 0.3 is 0 Å². The van der Waals surface area contributed by atoms with Crippen LogP contribution in [0.15, 0.2) is 253 Å². The van der Waals surface area contributed by atoms with Crippen molar-refractivity contribution < 1.29 is 4.42 Å². The largest absolute Gasteiger partial charge is 0.455 e. The van der Waals surface area contributed by atoms with Crippen LogP contribution in [0.1, 0.15) is 5.56 Å². The van der Waals surface area contributed by atoms with Gasteiger partial charge < -0.3 is 13.9 Å². The van der Waals surface area contributed by atoms with Gasteiger partial charge in [0.25, 0.3) is 0 Å². The van der Waals surface area contributed by atoms with Crippen molar-refractivity contribution >= 4 is 114 Å². The standard InChI is InChI=1S/C69H44N2OS/c1-43-32-39-63(61(40-43)52-21-7-5-19-50(52)57-25-14-26-58-55-23-9-12-30-66(55)72-68(57)58)71-62-28-11-8-22-53(62)54-38-37-47(42-65(54)71)70(64-29-15-27-59-56-24-10-13-31-67(56)73-69(59)64)46-35-33-44(34-36-46)60-41-45-16-2-3-17-48(45)49-18-4-6-20-51(49)60/h2-42H,1H3. The maximum absolute atomic E-state index is 6.67. The summed E-state index contributed by atoms with van der Waals surface area (Å²) >= 11 is 1.86. The zero-order valence-corrected chi connectivity index (χ0v) is 40.7. The minimum Gasteiger partial charge on any atom is -0.455 e. The van der Waals surface area contributed by atoms with Gasteiger partial charge in [0.1, 0.15) is 11.2 Å². The molecule has 15 aromatic rings. The lowest BCUT2D eigenvalue weighted by Crippen LogP contribution is -2.10. The highest BCUT2D eigenvalue weighted by Gasteiger charge is 2.24. The van der Waals surface area contributed by atoms with Gasteiger partial charge in [-0.3, -0.25) is 0 Å². The molecule has 15 rings (SSSR count). The van der Waals surface area contributed by atoms with Gasteiger partial charge in [0.05, 0.1) is 27.1 Å². The lowest BCUT2D eigenvalue weighted by molar-refractivity contribution is 0.670. The van der Waals surface area contributed by atoms with E-state index < -0.39 is 0 Å². The molecule has 0 bridgehead atoms. The molecule has 0 saturated carbocycles. The van der Waals surface area contributed by atoms with E-state index in [2.05, 4.69) is 259 Å². The Bertz CT molecular complexity index is 4710. The van der Waals surface area contributed by atoms with Crippen molar-refractivity contribution in [3.8, 4) is 39.1 Å². The molecular formula is C69H44N2OS. The molecule has 0 atom stereocenters. The first-order valence-corrected chi connectivity index (χ1v) is 25.8. The highest BCUT2D eigenvalue weighted by atomic mass is 32.1. The summed E-state index contributed by atoms with van der Waals surface area (Å²) in [4.78, 5) is 2.47. The van der Waals surface area contributed by atoms with Gasteiger partial charge in [-0.25, -0.2) is 0 Å². The average Bonchev–Trinajstić information content (AvgIpc) is 4.13. The van der Waals surface area contributed by atoms with Crippen molar-refractivity contribution in [3.05, 3.63) is 254 Å². The summed E-state index contributed by atoms with van der Waals surface area (Å²) < 4.78 is 11.7. The number of hydrogen-bond donors (Lipinski definition) is 0. The smallest absolute Gasteiger partial charge is 0.143 e. The van der Waals surface area contributed by atoms with E-state index in [1.54, 1.807) is 0 Å². The van der Waals surface area contributed by atoms with Crippen molar-refractivity contribution in [2.24, 2.45) is 0 Å². The first kappa shape index (κ1) is 41.6. The molecule has 3 nitrogen and oxygen atoms in total. The summed E-state index contributed by atoms with van der Waals surface area (Å²) in [7, 11) is 0. The predicted octanol–water partition coefficient (Wildman–Crippen LogP) is 20.1. The maximum Gasteiger partial charge on any atom is 0.143 e. The number of benzene rings is 12. The van der Waals surface area contributed by atoms with Crippen molar-refractivity contribution in [1.29, 1.82) is 0 Å². The Morgan fingerprint density at radius 3 is 1.88 bits per heavy atom. The third-order valence-corrected chi connectivity index (χ3v) is 16.3. The van der Waals surface area contributed by atoms with E-state index in [1.165, 1.54) is 69.2 Å². The monoisotopic (exact) mass is 948 g/mol. The number of aromatic nitrogens is 1. The number of fused-ring (bicyclic) bond motifs is 12. The van der Waals surface area contributed by atoms with Crippen molar-refractivity contribution in [1.82, 2.24) is 4.57 Å². The predicted molar refractivity (Wildman–Crippen MR) is 312 cm³/mol. The molecule has 4 heteroatoms. The molecule has 0 N–H and O–H groups in total. The Morgan fingerprint density at radius 2 is 1.01 bits per heavy atom. The first-order chi connectivity index (χ1) is 36.1. The Labute approximate surface area is 425 Å². The second-order valence-corrected chi connectivity index (χ2v) is 20.3. The minimum atomic E-state index is 0.895. The molecule has 0 aliphatic carbocycles. The summed E-state index contributed by atoms with van der Waals surface area (Å²) in [6.45, 7) is 2.19. The van der Waals surface area contributed by atoms with E-state index >= 15 is 0 Å². The lowest BCUT2D eigenvalue weighted by atomic mass is 9.91. The summed E-state index contributed by atoms with van der Waals surface area (Å²) in [5.41, 5.74) is 16.6. The summed E-state index contributed by atoms with van der Waals surface area (Å²) in [5.74, 6) is 0. The molecule has 0 radical (unpaired) electrons. The minimum absolute atomic E-state index is 0.895. The molecule has 73 heavy (non-hydrogen) atoms. The second-order valence-electron chi connectivity index (χ2n) is 19.2. The number of aryl methyl sites for hydroxylation is 1. The fraction of sp³-hybridized carbons (Fsp3) is 0.0145. The van der Waals surface area contributed by atoms with Crippen LogP contribution < -0.4 is 4.90 Å². The number of furan rings is 1. The summed E-state index contributed by atoms with van der Waals surface area (Å²) in [5, 5.41) is 12.2. The second kappa shape index (κ2) is 16.4. The first-order valence-electron chi connectivity index (χ1n) is 25.0. The molecule has 0 saturated heterocycles.